The largest absolute Gasteiger partial charge is 0.414 e. The average Bonchev–Trinajstić information content (AvgIpc) is 2.24. The van der Waals surface area contributed by atoms with Crippen molar-refractivity contribution < 1.29 is 22.7 Å². The molecule has 0 heterocycles. The molecule has 1 unspecified atom stereocenters. The van der Waals surface area contributed by atoms with Gasteiger partial charge in [0.2, 0.25) is 0 Å². The van der Waals surface area contributed by atoms with E-state index < -0.39 is 24.7 Å². The molecule has 0 aliphatic heterocycles. The Labute approximate surface area is 112 Å². The highest BCUT2D eigenvalue weighted by Gasteiger charge is 2.37. The van der Waals surface area contributed by atoms with Crippen LogP contribution in [0.4, 0.5) is 13.2 Å². The second-order valence-corrected chi connectivity index (χ2v) is 4.39. The molecule has 0 aromatic heterocycles. The third-order valence-corrected chi connectivity index (χ3v) is 2.70. The molecule has 0 fully saturated rings. The molecule has 0 aliphatic carbocycles. The predicted molar refractivity (Wildman–Crippen MR) is 62.3 cm³/mol. The van der Waals surface area contributed by atoms with E-state index in [0.29, 0.717) is 5.02 Å². The SMILES string of the molecule is CC(OCC(=O)c1ccc(Cl)cc1Cl)C(F)(F)F. The normalized spacial score (nSPS) is 13.4. The van der Waals surface area contributed by atoms with E-state index in [0.717, 1.165) is 6.92 Å². The van der Waals surface area contributed by atoms with Crippen molar-refractivity contribution in [2.24, 2.45) is 0 Å². The summed E-state index contributed by atoms with van der Waals surface area (Å²) in [5, 5.41) is 0.414. The fourth-order valence-electron chi connectivity index (χ4n) is 1.09. The predicted octanol–water partition coefficient (Wildman–Crippen LogP) is 4.14. The first-order valence-electron chi connectivity index (χ1n) is 4.88. The van der Waals surface area contributed by atoms with Gasteiger partial charge in [0.15, 0.2) is 11.9 Å². The van der Waals surface area contributed by atoms with E-state index in [1.807, 2.05) is 0 Å². The van der Waals surface area contributed by atoms with Crippen molar-refractivity contribution in [3.63, 3.8) is 0 Å². The lowest BCUT2D eigenvalue weighted by Gasteiger charge is -2.15. The molecule has 1 aromatic carbocycles. The van der Waals surface area contributed by atoms with Crippen LogP contribution in [0.25, 0.3) is 0 Å². The number of benzene rings is 1. The monoisotopic (exact) mass is 300 g/mol. The van der Waals surface area contributed by atoms with Crippen molar-refractivity contribution in [1.82, 2.24) is 0 Å². The second kappa shape index (κ2) is 5.91. The van der Waals surface area contributed by atoms with Crippen LogP contribution in [0.1, 0.15) is 17.3 Å². The van der Waals surface area contributed by atoms with E-state index in [-0.39, 0.29) is 10.6 Å². The maximum absolute atomic E-state index is 12.2. The van der Waals surface area contributed by atoms with Gasteiger partial charge in [-0.05, 0) is 25.1 Å². The van der Waals surface area contributed by atoms with Crippen molar-refractivity contribution in [3.05, 3.63) is 33.8 Å². The van der Waals surface area contributed by atoms with E-state index >= 15 is 0 Å². The quantitative estimate of drug-likeness (QED) is 0.781. The summed E-state index contributed by atoms with van der Waals surface area (Å²) >= 11 is 11.4. The van der Waals surface area contributed by atoms with Crippen LogP contribution in [0.15, 0.2) is 18.2 Å². The molecule has 100 valence electrons. The molecule has 0 radical (unpaired) electrons. The number of carbonyl (C=O) groups is 1. The number of ether oxygens (including phenoxy) is 1. The maximum atomic E-state index is 12.2. The molecule has 1 aromatic rings. The van der Waals surface area contributed by atoms with E-state index in [9.17, 15) is 18.0 Å². The number of carbonyl (C=O) groups excluding carboxylic acids is 1. The number of rotatable bonds is 4. The first kappa shape index (κ1) is 15.3. The number of hydrogen-bond acceptors (Lipinski definition) is 2. The van der Waals surface area contributed by atoms with Crippen LogP contribution in [-0.4, -0.2) is 24.7 Å². The van der Waals surface area contributed by atoms with Gasteiger partial charge in [-0.2, -0.15) is 13.2 Å². The van der Waals surface area contributed by atoms with E-state index in [4.69, 9.17) is 23.2 Å². The van der Waals surface area contributed by atoms with Gasteiger partial charge in [0.1, 0.15) is 6.61 Å². The molecular formula is C11H9Cl2F3O2. The van der Waals surface area contributed by atoms with Gasteiger partial charge in [-0.15, -0.1) is 0 Å². The molecule has 1 atom stereocenters. The van der Waals surface area contributed by atoms with Crippen molar-refractivity contribution in [3.8, 4) is 0 Å². The molecule has 7 heteroatoms. The summed E-state index contributed by atoms with van der Waals surface area (Å²) in [6.07, 6.45) is -6.50. The number of hydrogen-bond donors (Lipinski definition) is 0. The molecular weight excluding hydrogens is 292 g/mol. The van der Waals surface area contributed by atoms with Crippen LogP contribution in [-0.2, 0) is 4.74 Å². The summed E-state index contributed by atoms with van der Waals surface area (Å²) < 4.78 is 40.9. The fraction of sp³-hybridized carbons (Fsp3) is 0.364. The van der Waals surface area contributed by atoms with E-state index in [2.05, 4.69) is 4.74 Å². The molecule has 0 saturated carbocycles. The smallest absolute Gasteiger partial charge is 0.361 e. The highest BCUT2D eigenvalue weighted by atomic mass is 35.5. The molecule has 0 N–H and O–H groups in total. The second-order valence-electron chi connectivity index (χ2n) is 3.54. The van der Waals surface area contributed by atoms with Gasteiger partial charge >= 0.3 is 6.18 Å². The number of alkyl halides is 3. The maximum Gasteiger partial charge on any atom is 0.414 e. The van der Waals surface area contributed by atoms with Crippen molar-refractivity contribution >= 4 is 29.0 Å². The molecule has 0 bridgehead atoms. The Bertz CT molecular complexity index is 446. The Balaban J connectivity index is 2.66. The topological polar surface area (TPSA) is 26.3 Å². The minimum absolute atomic E-state index is 0.0791. The Morgan fingerprint density at radius 1 is 1.39 bits per heavy atom. The van der Waals surface area contributed by atoms with Crippen LogP contribution in [0.2, 0.25) is 10.0 Å². The minimum Gasteiger partial charge on any atom is -0.361 e. The van der Waals surface area contributed by atoms with E-state index in [1.165, 1.54) is 18.2 Å². The first-order chi connectivity index (χ1) is 8.21. The molecule has 0 aliphatic rings. The van der Waals surface area contributed by atoms with Gasteiger partial charge in [-0.3, -0.25) is 4.79 Å². The summed E-state index contributed by atoms with van der Waals surface area (Å²) in [5.74, 6) is -0.632. The Kier molecular flexibility index (Phi) is 5.01. The number of ketones is 1. The van der Waals surface area contributed by atoms with Gasteiger partial charge in [-0.25, -0.2) is 0 Å². The van der Waals surface area contributed by atoms with Gasteiger partial charge < -0.3 is 4.74 Å². The van der Waals surface area contributed by atoms with Gasteiger partial charge in [0, 0.05) is 10.6 Å². The third-order valence-electron chi connectivity index (χ3n) is 2.16. The minimum atomic E-state index is -4.50. The molecule has 0 saturated heterocycles. The zero-order valence-electron chi connectivity index (χ0n) is 9.22. The molecule has 2 nitrogen and oxygen atoms in total. The van der Waals surface area contributed by atoms with E-state index in [1.54, 1.807) is 0 Å². The van der Waals surface area contributed by atoms with Gasteiger partial charge in [0.25, 0.3) is 0 Å². The van der Waals surface area contributed by atoms with Crippen molar-refractivity contribution in [2.75, 3.05) is 6.61 Å². The lowest BCUT2D eigenvalue weighted by Crippen LogP contribution is -2.30. The number of Topliss-reactive ketones (excluding diaryl/α,β-unsaturated/α-hetero) is 1. The third kappa shape index (κ3) is 4.15. The molecule has 0 spiro atoms. The molecule has 0 amide bonds. The zero-order valence-corrected chi connectivity index (χ0v) is 10.7. The molecule has 18 heavy (non-hydrogen) atoms. The van der Waals surface area contributed by atoms with Crippen LogP contribution >= 0.6 is 23.2 Å². The summed E-state index contributed by atoms with van der Waals surface area (Å²) in [6.45, 7) is 0.138. The number of halogens is 5. The Morgan fingerprint density at radius 2 is 2.00 bits per heavy atom. The van der Waals surface area contributed by atoms with Gasteiger partial charge in [-0.1, -0.05) is 23.2 Å². The zero-order chi connectivity index (χ0) is 13.9. The van der Waals surface area contributed by atoms with Gasteiger partial charge in [0.05, 0.1) is 5.02 Å². The average molecular weight is 301 g/mol. The molecule has 1 rings (SSSR count). The summed E-state index contributed by atoms with van der Waals surface area (Å²) in [4.78, 5) is 11.6. The summed E-state index contributed by atoms with van der Waals surface area (Å²) in [5.41, 5.74) is 0.0791. The standard InChI is InChI=1S/C11H9Cl2F3O2/c1-6(11(14,15)16)18-5-10(17)8-3-2-7(12)4-9(8)13/h2-4,6H,5H2,1H3. The lowest BCUT2D eigenvalue weighted by molar-refractivity contribution is -0.210. The Hall–Kier alpha value is -0.780. The van der Waals surface area contributed by atoms with Crippen LogP contribution in [0.5, 0.6) is 0 Å². The van der Waals surface area contributed by atoms with Crippen LogP contribution in [0.3, 0.4) is 0 Å². The van der Waals surface area contributed by atoms with Crippen LogP contribution < -0.4 is 0 Å². The lowest BCUT2D eigenvalue weighted by atomic mass is 10.1. The first-order valence-corrected chi connectivity index (χ1v) is 5.64. The summed E-state index contributed by atoms with van der Waals surface area (Å²) in [6, 6.07) is 4.10. The van der Waals surface area contributed by atoms with Crippen molar-refractivity contribution in [1.29, 1.82) is 0 Å². The fourth-order valence-corrected chi connectivity index (χ4v) is 1.60. The summed E-state index contributed by atoms with van der Waals surface area (Å²) in [7, 11) is 0. The van der Waals surface area contributed by atoms with Crippen LogP contribution in [0, 0.1) is 0 Å². The van der Waals surface area contributed by atoms with Crippen molar-refractivity contribution in [2.45, 2.75) is 19.2 Å². The Morgan fingerprint density at radius 3 is 2.50 bits per heavy atom. The highest BCUT2D eigenvalue weighted by molar-refractivity contribution is 6.36. The highest BCUT2D eigenvalue weighted by Crippen LogP contribution is 2.24.